The van der Waals surface area contributed by atoms with E-state index in [9.17, 15) is 0 Å². The summed E-state index contributed by atoms with van der Waals surface area (Å²) in [5.74, 6) is 1.44. The van der Waals surface area contributed by atoms with E-state index in [2.05, 4.69) is 32.0 Å². The summed E-state index contributed by atoms with van der Waals surface area (Å²) in [7, 11) is 5.01. The Morgan fingerprint density at radius 2 is 1.94 bits per heavy atom. The van der Waals surface area contributed by atoms with Gasteiger partial charge in [0.15, 0.2) is 5.11 Å². The number of methoxy groups -OCH3 is 3. The molecule has 162 valence electrons. The first-order valence-corrected chi connectivity index (χ1v) is 10.5. The summed E-state index contributed by atoms with van der Waals surface area (Å²) in [5.41, 5.74) is 2.85. The Hall–Kier alpha value is -3.10. The molecule has 7 nitrogen and oxygen atoms in total. The Kier molecular flexibility index (Phi) is 6.39. The molecule has 3 heterocycles. The van der Waals surface area contributed by atoms with Crippen molar-refractivity contribution in [2.45, 2.75) is 18.6 Å². The van der Waals surface area contributed by atoms with E-state index in [0.717, 1.165) is 29.4 Å². The fraction of sp³-hybridized carbons (Fsp3) is 0.304. The number of aromatic nitrogens is 2. The summed E-state index contributed by atoms with van der Waals surface area (Å²) < 4.78 is 18.7. The monoisotopic (exact) mass is 438 g/mol. The molecular weight excluding hydrogens is 412 g/mol. The van der Waals surface area contributed by atoms with Crippen LogP contribution in [0, 0.1) is 0 Å². The molecule has 0 unspecified atom stereocenters. The Morgan fingerprint density at radius 3 is 2.65 bits per heavy atom. The second kappa shape index (κ2) is 9.36. The molecule has 1 saturated heterocycles. The minimum absolute atomic E-state index is 0.138. The SMILES string of the molecule is COCCn1cccc1[C@H]1[C@@H](c2ccccn2)NC(=S)N1c1cc(OC)ccc1OC. The van der Waals surface area contributed by atoms with Gasteiger partial charge in [-0.25, -0.2) is 0 Å². The van der Waals surface area contributed by atoms with Crippen molar-refractivity contribution in [3.05, 3.63) is 72.3 Å². The summed E-state index contributed by atoms with van der Waals surface area (Å²) in [6, 6.07) is 15.5. The molecule has 1 aliphatic heterocycles. The number of nitrogens with zero attached hydrogens (tertiary/aromatic N) is 3. The zero-order valence-electron chi connectivity index (χ0n) is 17.8. The predicted octanol–water partition coefficient (Wildman–Crippen LogP) is 3.72. The van der Waals surface area contributed by atoms with Crippen molar-refractivity contribution in [2.24, 2.45) is 0 Å². The van der Waals surface area contributed by atoms with Gasteiger partial charge in [-0.15, -0.1) is 0 Å². The normalized spacial score (nSPS) is 18.2. The Morgan fingerprint density at radius 1 is 1.06 bits per heavy atom. The van der Waals surface area contributed by atoms with Gasteiger partial charge in [-0.3, -0.25) is 4.98 Å². The van der Waals surface area contributed by atoms with Gasteiger partial charge in [0.25, 0.3) is 0 Å². The van der Waals surface area contributed by atoms with Crippen molar-refractivity contribution in [1.29, 1.82) is 0 Å². The second-order valence-electron chi connectivity index (χ2n) is 7.15. The Balaban J connectivity index is 1.86. The molecule has 0 spiro atoms. The lowest BCUT2D eigenvalue weighted by Gasteiger charge is -2.30. The maximum Gasteiger partial charge on any atom is 0.174 e. The summed E-state index contributed by atoms with van der Waals surface area (Å²) in [4.78, 5) is 6.70. The minimum Gasteiger partial charge on any atom is -0.497 e. The van der Waals surface area contributed by atoms with Crippen molar-refractivity contribution in [3.8, 4) is 11.5 Å². The van der Waals surface area contributed by atoms with Crippen LogP contribution in [0.2, 0.25) is 0 Å². The van der Waals surface area contributed by atoms with Gasteiger partial charge in [0, 0.05) is 37.8 Å². The maximum atomic E-state index is 5.83. The lowest BCUT2D eigenvalue weighted by atomic mass is 10.0. The topological polar surface area (TPSA) is 60.8 Å². The first kappa shape index (κ1) is 21.1. The molecule has 8 heteroatoms. The van der Waals surface area contributed by atoms with E-state index in [0.29, 0.717) is 17.5 Å². The number of ether oxygens (including phenoxy) is 3. The number of pyridine rings is 1. The number of hydrogen-bond acceptors (Lipinski definition) is 5. The van der Waals surface area contributed by atoms with Crippen LogP contribution >= 0.6 is 12.2 Å². The van der Waals surface area contributed by atoms with Gasteiger partial charge in [0.05, 0.1) is 38.2 Å². The molecule has 2 aromatic heterocycles. The number of nitrogens with one attached hydrogen (secondary N) is 1. The van der Waals surface area contributed by atoms with Crippen LogP contribution in [0.5, 0.6) is 11.5 Å². The molecule has 1 aromatic carbocycles. The van der Waals surface area contributed by atoms with Crippen LogP contribution in [0.15, 0.2) is 60.9 Å². The molecule has 0 amide bonds. The number of hydrogen-bond donors (Lipinski definition) is 1. The van der Waals surface area contributed by atoms with Gasteiger partial charge < -0.3 is 29.0 Å². The largest absolute Gasteiger partial charge is 0.497 e. The summed E-state index contributed by atoms with van der Waals surface area (Å²) >= 11 is 5.83. The van der Waals surface area contributed by atoms with Gasteiger partial charge >= 0.3 is 0 Å². The molecule has 2 atom stereocenters. The molecule has 0 saturated carbocycles. The fourth-order valence-corrected chi connectivity index (χ4v) is 4.33. The molecule has 0 radical (unpaired) electrons. The number of thiocarbonyl (C=S) groups is 1. The smallest absolute Gasteiger partial charge is 0.174 e. The standard InChI is InChI=1S/C23H26N4O3S/c1-28-14-13-26-12-6-8-18(26)22-21(17-7-4-5-11-24-17)25-23(31)27(22)19-15-16(29-2)9-10-20(19)30-3/h4-12,15,21-22H,13-14H2,1-3H3,(H,25,31)/t21-,22+/m1/s1. The molecule has 31 heavy (non-hydrogen) atoms. The molecule has 1 N–H and O–H groups in total. The van der Waals surface area contributed by atoms with Crippen LogP contribution in [-0.4, -0.2) is 42.6 Å². The number of rotatable bonds is 8. The van der Waals surface area contributed by atoms with Gasteiger partial charge in [-0.1, -0.05) is 6.07 Å². The van der Waals surface area contributed by atoms with Crippen molar-refractivity contribution < 1.29 is 14.2 Å². The average molecular weight is 439 g/mol. The summed E-state index contributed by atoms with van der Waals surface area (Å²) in [6.07, 6.45) is 3.86. The van der Waals surface area contributed by atoms with E-state index in [4.69, 9.17) is 26.4 Å². The van der Waals surface area contributed by atoms with E-state index in [1.165, 1.54) is 0 Å². The van der Waals surface area contributed by atoms with Crippen molar-refractivity contribution in [1.82, 2.24) is 14.9 Å². The molecule has 1 fully saturated rings. The van der Waals surface area contributed by atoms with Crippen LogP contribution in [0.1, 0.15) is 23.5 Å². The van der Waals surface area contributed by atoms with Crippen LogP contribution in [0.4, 0.5) is 5.69 Å². The van der Waals surface area contributed by atoms with Crippen LogP contribution in [0.25, 0.3) is 0 Å². The lowest BCUT2D eigenvalue weighted by molar-refractivity contribution is 0.186. The van der Waals surface area contributed by atoms with Crippen molar-refractivity contribution in [3.63, 3.8) is 0 Å². The second-order valence-corrected chi connectivity index (χ2v) is 7.54. The van der Waals surface area contributed by atoms with Gasteiger partial charge in [-0.05, 0) is 48.6 Å². The zero-order valence-corrected chi connectivity index (χ0v) is 18.6. The lowest BCUT2D eigenvalue weighted by Crippen LogP contribution is -2.31. The van der Waals surface area contributed by atoms with Crippen LogP contribution < -0.4 is 19.7 Å². The van der Waals surface area contributed by atoms with Crippen molar-refractivity contribution in [2.75, 3.05) is 32.8 Å². The fourth-order valence-electron chi connectivity index (χ4n) is 3.99. The van der Waals surface area contributed by atoms with E-state index < -0.39 is 0 Å². The number of benzene rings is 1. The van der Waals surface area contributed by atoms with Gasteiger partial charge in [0.1, 0.15) is 17.5 Å². The van der Waals surface area contributed by atoms with Gasteiger partial charge in [-0.2, -0.15) is 0 Å². The highest BCUT2D eigenvalue weighted by Gasteiger charge is 2.43. The quantitative estimate of drug-likeness (QED) is 0.538. The third kappa shape index (κ3) is 4.08. The minimum atomic E-state index is -0.143. The molecule has 1 aliphatic rings. The van der Waals surface area contributed by atoms with Gasteiger partial charge in [0.2, 0.25) is 0 Å². The van der Waals surface area contributed by atoms with E-state index >= 15 is 0 Å². The molecule has 0 aliphatic carbocycles. The summed E-state index contributed by atoms with van der Waals surface area (Å²) in [5, 5.41) is 4.09. The van der Waals surface area contributed by atoms with Crippen LogP contribution in [-0.2, 0) is 11.3 Å². The highest BCUT2D eigenvalue weighted by atomic mass is 32.1. The zero-order chi connectivity index (χ0) is 21.8. The average Bonchev–Trinajstić information content (AvgIpc) is 3.41. The Bertz CT molecular complexity index is 1040. The third-order valence-corrected chi connectivity index (χ3v) is 5.76. The van der Waals surface area contributed by atoms with E-state index in [-0.39, 0.29) is 12.1 Å². The highest BCUT2D eigenvalue weighted by Crippen LogP contribution is 2.45. The Labute approximate surface area is 187 Å². The molecular formula is C23H26N4O3S. The third-order valence-electron chi connectivity index (χ3n) is 5.45. The van der Waals surface area contributed by atoms with Crippen LogP contribution in [0.3, 0.4) is 0 Å². The molecule has 4 rings (SSSR count). The first-order valence-electron chi connectivity index (χ1n) is 10.0. The van der Waals surface area contributed by atoms with Crippen molar-refractivity contribution >= 4 is 23.0 Å². The number of anilines is 1. The predicted molar refractivity (Wildman–Crippen MR) is 124 cm³/mol. The summed E-state index contributed by atoms with van der Waals surface area (Å²) in [6.45, 7) is 1.35. The molecule has 3 aromatic rings. The molecule has 0 bridgehead atoms. The first-order chi connectivity index (χ1) is 15.2. The van der Waals surface area contributed by atoms with E-state index in [1.54, 1.807) is 27.5 Å². The van der Waals surface area contributed by atoms with E-state index in [1.807, 2.05) is 42.5 Å². The maximum absolute atomic E-state index is 5.83. The highest BCUT2D eigenvalue weighted by molar-refractivity contribution is 7.80.